The van der Waals surface area contributed by atoms with Crippen LogP contribution in [0.15, 0.2) is 22.7 Å². The van der Waals surface area contributed by atoms with Gasteiger partial charge in [-0.15, -0.1) is 0 Å². The number of halogens is 1. The highest BCUT2D eigenvalue weighted by atomic mass is 79.9. The maximum absolute atomic E-state index is 12.5. The van der Waals surface area contributed by atoms with Gasteiger partial charge >= 0.3 is 0 Å². The molecule has 1 aliphatic rings. The maximum atomic E-state index is 12.5. The molecule has 19 heavy (non-hydrogen) atoms. The van der Waals surface area contributed by atoms with Crippen LogP contribution in [0.2, 0.25) is 0 Å². The molecule has 2 amide bonds. The molecular weight excluding hydrogens is 308 g/mol. The third-order valence-electron chi connectivity index (χ3n) is 3.53. The average molecular weight is 325 g/mol. The van der Waals surface area contributed by atoms with Crippen LogP contribution >= 0.6 is 15.9 Å². The van der Waals surface area contributed by atoms with Gasteiger partial charge in [-0.3, -0.25) is 14.5 Å². The molecule has 102 valence electrons. The first-order chi connectivity index (χ1) is 8.97. The summed E-state index contributed by atoms with van der Waals surface area (Å²) in [5.41, 5.74) is 1.76. The van der Waals surface area contributed by atoms with Crippen LogP contribution in [-0.4, -0.2) is 23.9 Å². The van der Waals surface area contributed by atoms with Crippen molar-refractivity contribution in [3.63, 3.8) is 0 Å². The average Bonchev–Trinajstić information content (AvgIpc) is 2.39. The molecule has 0 aliphatic carbocycles. The Hall–Kier alpha value is -1.36. The van der Waals surface area contributed by atoms with Crippen LogP contribution < -0.4 is 10.2 Å². The van der Waals surface area contributed by atoms with Crippen molar-refractivity contribution in [3.8, 4) is 0 Å². The molecule has 1 heterocycles. The molecule has 0 bridgehead atoms. The monoisotopic (exact) mass is 324 g/mol. The molecule has 0 radical (unpaired) electrons. The zero-order chi connectivity index (χ0) is 14.2. The summed E-state index contributed by atoms with van der Waals surface area (Å²) in [5, 5.41) is 2.76. The number of rotatable bonds is 2. The molecule has 0 spiro atoms. The van der Waals surface area contributed by atoms with Gasteiger partial charge in [0.15, 0.2) is 0 Å². The first kappa shape index (κ1) is 14.1. The molecule has 0 aromatic heterocycles. The Labute approximate surface area is 121 Å². The molecule has 1 saturated heterocycles. The van der Waals surface area contributed by atoms with Crippen molar-refractivity contribution in [2.24, 2.45) is 0 Å². The van der Waals surface area contributed by atoms with Gasteiger partial charge in [0.1, 0.15) is 12.1 Å². The standard InChI is InChI=1S/C14H17BrN2O2/c1-4-11-14(19)17(9(3)13(18)16-11)12-7-5-6-10(15)8(12)2/h5-7,9,11H,4H2,1-3H3,(H,16,18). The van der Waals surface area contributed by atoms with Crippen LogP contribution in [0.3, 0.4) is 0 Å². The molecule has 1 fully saturated rings. The number of piperazine rings is 1. The van der Waals surface area contributed by atoms with E-state index in [-0.39, 0.29) is 11.8 Å². The Morgan fingerprint density at radius 1 is 1.37 bits per heavy atom. The Morgan fingerprint density at radius 2 is 2.05 bits per heavy atom. The third kappa shape index (κ3) is 2.39. The minimum absolute atomic E-state index is 0.0456. The highest BCUT2D eigenvalue weighted by Crippen LogP contribution is 2.30. The summed E-state index contributed by atoms with van der Waals surface area (Å²) in [5.74, 6) is -0.151. The summed E-state index contributed by atoms with van der Waals surface area (Å²) in [4.78, 5) is 26.0. The number of hydrogen-bond donors (Lipinski definition) is 1. The van der Waals surface area contributed by atoms with Crippen molar-refractivity contribution in [3.05, 3.63) is 28.2 Å². The maximum Gasteiger partial charge on any atom is 0.250 e. The van der Waals surface area contributed by atoms with Gasteiger partial charge in [-0.2, -0.15) is 0 Å². The highest BCUT2D eigenvalue weighted by molar-refractivity contribution is 9.10. The van der Waals surface area contributed by atoms with Crippen molar-refractivity contribution in [2.45, 2.75) is 39.3 Å². The lowest BCUT2D eigenvalue weighted by molar-refractivity contribution is -0.133. The molecule has 1 aromatic rings. The lowest BCUT2D eigenvalue weighted by Crippen LogP contribution is -2.62. The molecule has 2 atom stereocenters. The minimum atomic E-state index is -0.483. The Balaban J connectivity index is 2.48. The predicted molar refractivity (Wildman–Crippen MR) is 78.0 cm³/mol. The summed E-state index contributed by atoms with van der Waals surface area (Å²) in [6.07, 6.45) is 0.598. The van der Waals surface area contributed by atoms with Crippen LogP contribution in [0, 0.1) is 6.92 Å². The van der Waals surface area contributed by atoms with Gasteiger partial charge in [-0.05, 0) is 38.0 Å². The summed E-state index contributed by atoms with van der Waals surface area (Å²) >= 11 is 3.46. The summed E-state index contributed by atoms with van der Waals surface area (Å²) < 4.78 is 0.934. The molecule has 2 rings (SSSR count). The Kier molecular flexibility index (Phi) is 3.94. The number of hydrogen-bond acceptors (Lipinski definition) is 2. The zero-order valence-electron chi connectivity index (χ0n) is 11.2. The second-order valence-corrected chi connectivity index (χ2v) is 5.59. The number of carbonyl (C=O) groups excluding carboxylic acids is 2. The van der Waals surface area contributed by atoms with E-state index < -0.39 is 12.1 Å². The minimum Gasteiger partial charge on any atom is -0.343 e. The summed E-state index contributed by atoms with van der Waals surface area (Å²) in [6, 6.07) is 4.76. The highest BCUT2D eigenvalue weighted by Gasteiger charge is 2.38. The fourth-order valence-corrected chi connectivity index (χ4v) is 2.65. The van der Waals surface area contributed by atoms with Crippen LogP contribution in [0.4, 0.5) is 5.69 Å². The van der Waals surface area contributed by atoms with E-state index in [1.165, 1.54) is 0 Å². The van der Waals surface area contributed by atoms with E-state index in [0.29, 0.717) is 6.42 Å². The number of amides is 2. The molecule has 0 saturated carbocycles. The quantitative estimate of drug-likeness (QED) is 0.908. The smallest absolute Gasteiger partial charge is 0.250 e. The molecule has 1 aromatic carbocycles. The van der Waals surface area contributed by atoms with E-state index >= 15 is 0 Å². The molecule has 2 unspecified atom stereocenters. The molecule has 5 heteroatoms. The van der Waals surface area contributed by atoms with E-state index in [1.54, 1.807) is 11.8 Å². The van der Waals surface area contributed by atoms with E-state index in [4.69, 9.17) is 0 Å². The topological polar surface area (TPSA) is 49.4 Å². The van der Waals surface area contributed by atoms with Gasteiger partial charge < -0.3 is 5.32 Å². The second-order valence-electron chi connectivity index (χ2n) is 4.74. The largest absolute Gasteiger partial charge is 0.343 e. The fourth-order valence-electron chi connectivity index (χ4n) is 2.29. The van der Waals surface area contributed by atoms with Crippen molar-refractivity contribution in [1.29, 1.82) is 0 Å². The van der Waals surface area contributed by atoms with Gasteiger partial charge in [-0.25, -0.2) is 0 Å². The third-order valence-corrected chi connectivity index (χ3v) is 4.38. The van der Waals surface area contributed by atoms with Gasteiger partial charge in [0.05, 0.1) is 0 Å². The van der Waals surface area contributed by atoms with Crippen LogP contribution in [0.5, 0.6) is 0 Å². The number of benzene rings is 1. The van der Waals surface area contributed by atoms with E-state index in [2.05, 4.69) is 21.2 Å². The number of nitrogens with zero attached hydrogens (tertiary/aromatic N) is 1. The van der Waals surface area contributed by atoms with E-state index in [1.807, 2.05) is 32.0 Å². The van der Waals surface area contributed by atoms with E-state index in [0.717, 1.165) is 15.7 Å². The first-order valence-electron chi connectivity index (χ1n) is 6.36. The number of nitrogens with one attached hydrogen (secondary N) is 1. The van der Waals surface area contributed by atoms with E-state index in [9.17, 15) is 9.59 Å². The summed E-state index contributed by atoms with van der Waals surface area (Å²) in [7, 11) is 0. The lowest BCUT2D eigenvalue weighted by atomic mass is 10.0. The van der Waals surface area contributed by atoms with Crippen molar-refractivity contribution in [1.82, 2.24) is 5.32 Å². The van der Waals surface area contributed by atoms with Crippen molar-refractivity contribution in [2.75, 3.05) is 4.90 Å². The first-order valence-corrected chi connectivity index (χ1v) is 7.15. The SMILES string of the molecule is CCC1NC(=O)C(C)N(c2cccc(Br)c2C)C1=O. The lowest BCUT2D eigenvalue weighted by Gasteiger charge is -2.37. The van der Waals surface area contributed by atoms with Gasteiger partial charge in [0.25, 0.3) is 0 Å². The second kappa shape index (κ2) is 5.33. The molecular formula is C14H17BrN2O2. The zero-order valence-corrected chi connectivity index (χ0v) is 12.8. The van der Waals surface area contributed by atoms with Gasteiger partial charge in [0.2, 0.25) is 11.8 Å². The van der Waals surface area contributed by atoms with Crippen LogP contribution in [0.1, 0.15) is 25.8 Å². The normalized spacial score (nSPS) is 23.5. The van der Waals surface area contributed by atoms with Crippen LogP contribution in [-0.2, 0) is 9.59 Å². The number of anilines is 1. The molecule has 1 aliphatic heterocycles. The van der Waals surface area contributed by atoms with Gasteiger partial charge in [-0.1, -0.05) is 28.9 Å². The van der Waals surface area contributed by atoms with Crippen molar-refractivity contribution < 1.29 is 9.59 Å². The van der Waals surface area contributed by atoms with Crippen molar-refractivity contribution >= 4 is 33.4 Å². The molecule has 4 nitrogen and oxygen atoms in total. The number of carbonyl (C=O) groups is 2. The Bertz CT molecular complexity index is 530. The fraction of sp³-hybridized carbons (Fsp3) is 0.429. The predicted octanol–water partition coefficient (Wildman–Crippen LogP) is 2.39. The summed E-state index contributed by atoms with van der Waals surface area (Å²) in [6.45, 7) is 5.58. The molecule has 1 N–H and O–H groups in total. The van der Waals surface area contributed by atoms with Gasteiger partial charge in [0, 0.05) is 10.2 Å². The van der Waals surface area contributed by atoms with Crippen LogP contribution in [0.25, 0.3) is 0 Å². The Morgan fingerprint density at radius 3 is 2.68 bits per heavy atom.